The summed E-state index contributed by atoms with van der Waals surface area (Å²) in [5.74, 6) is -0.387. The SMILES string of the molecule is O=C1C[C@@H](Nc2ccc(N3CCOCC3)cc2)C(=O)N1c1ccc(I)cc1. The minimum Gasteiger partial charge on any atom is -0.378 e. The van der Waals surface area contributed by atoms with E-state index in [1.807, 2.05) is 36.4 Å². The van der Waals surface area contributed by atoms with Gasteiger partial charge in [-0.05, 0) is 71.1 Å². The molecule has 0 unspecified atom stereocenters. The maximum Gasteiger partial charge on any atom is 0.256 e. The normalized spacial score (nSPS) is 20.3. The Morgan fingerprint density at radius 2 is 1.56 bits per heavy atom. The fourth-order valence-electron chi connectivity index (χ4n) is 3.40. The van der Waals surface area contributed by atoms with E-state index in [0.717, 1.165) is 41.2 Å². The summed E-state index contributed by atoms with van der Waals surface area (Å²) in [6.07, 6.45) is 0.163. The third-order valence-corrected chi connectivity index (χ3v) is 5.54. The third-order valence-electron chi connectivity index (χ3n) is 4.82. The van der Waals surface area contributed by atoms with Gasteiger partial charge in [0.25, 0.3) is 5.91 Å². The number of carbonyl (C=O) groups excluding carboxylic acids is 2. The molecule has 7 heteroatoms. The van der Waals surface area contributed by atoms with Crippen LogP contribution in [-0.2, 0) is 14.3 Å². The molecule has 2 aromatic rings. The maximum atomic E-state index is 12.7. The molecule has 1 atom stereocenters. The highest BCUT2D eigenvalue weighted by Crippen LogP contribution is 2.26. The highest BCUT2D eigenvalue weighted by Gasteiger charge is 2.39. The van der Waals surface area contributed by atoms with Gasteiger partial charge in [0.1, 0.15) is 6.04 Å². The zero-order chi connectivity index (χ0) is 18.8. The lowest BCUT2D eigenvalue weighted by Crippen LogP contribution is -2.36. The number of imide groups is 1. The Morgan fingerprint density at radius 3 is 2.22 bits per heavy atom. The average molecular weight is 477 g/mol. The standard InChI is InChI=1S/C20H20IN3O3/c21-14-1-5-17(6-2-14)24-19(25)13-18(20(24)26)22-15-3-7-16(8-4-15)23-9-11-27-12-10-23/h1-8,18,22H,9-13H2/t18-/m1/s1. The Bertz CT molecular complexity index is 833. The van der Waals surface area contributed by atoms with Crippen LogP contribution in [0.25, 0.3) is 0 Å². The van der Waals surface area contributed by atoms with Crippen LogP contribution in [0.15, 0.2) is 48.5 Å². The molecule has 6 nitrogen and oxygen atoms in total. The molecule has 0 bridgehead atoms. The monoisotopic (exact) mass is 477 g/mol. The first-order chi connectivity index (χ1) is 13.1. The summed E-state index contributed by atoms with van der Waals surface area (Å²) in [6.45, 7) is 3.25. The Labute approximate surface area is 171 Å². The molecular formula is C20H20IN3O3. The van der Waals surface area contributed by atoms with Crippen LogP contribution in [0.4, 0.5) is 17.1 Å². The second kappa shape index (κ2) is 7.85. The molecule has 2 aliphatic heterocycles. The van der Waals surface area contributed by atoms with Gasteiger partial charge in [0.2, 0.25) is 5.91 Å². The van der Waals surface area contributed by atoms with Crippen LogP contribution in [0.3, 0.4) is 0 Å². The molecule has 0 radical (unpaired) electrons. The van der Waals surface area contributed by atoms with Crippen LogP contribution in [0.1, 0.15) is 6.42 Å². The molecular weight excluding hydrogens is 457 g/mol. The van der Waals surface area contributed by atoms with Gasteiger partial charge in [0.05, 0.1) is 25.3 Å². The van der Waals surface area contributed by atoms with E-state index in [1.165, 1.54) is 4.90 Å². The number of hydrogen-bond acceptors (Lipinski definition) is 5. The van der Waals surface area contributed by atoms with Crippen LogP contribution in [0.2, 0.25) is 0 Å². The molecule has 1 N–H and O–H groups in total. The smallest absolute Gasteiger partial charge is 0.256 e. The highest BCUT2D eigenvalue weighted by atomic mass is 127. The van der Waals surface area contributed by atoms with Gasteiger partial charge in [-0.1, -0.05) is 0 Å². The molecule has 4 rings (SSSR count). The number of amides is 2. The Hall–Kier alpha value is -2.13. The Kier molecular flexibility index (Phi) is 5.31. The summed E-state index contributed by atoms with van der Waals surface area (Å²) in [5, 5.41) is 3.21. The minimum absolute atomic E-state index is 0.163. The van der Waals surface area contributed by atoms with Gasteiger partial charge in [0.15, 0.2) is 0 Å². The van der Waals surface area contributed by atoms with Gasteiger partial charge in [-0.2, -0.15) is 0 Å². The molecule has 0 spiro atoms. The van der Waals surface area contributed by atoms with Gasteiger partial charge in [-0.3, -0.25) is 9.59 Å². The van der Waals surface area contributed by atoms with E-state index in [2.05, 4.69) is 32.8 Å². The first kappa shape index (κ1) is 18.2. The summed E-state index contributed by atoms with van der Waals surface area (Å²) < 4.78 is 6.44. The van der Waals surface area contributed by atoms with Crippen molar-refractivity contribution in [3.05, 3.63) is 52.1 Å². The van der Waals surface area contributed by atoms with Crippen molar-refractivity contribution in [3.8, 4) is 0 Å². The Balaban J connectivity index is 1.44. The molecule has 0 aliphatic carbocycles. The summed E-state index contributed by atoms with van der Waals surface area (Å²) in [7, 11) is 0. The summed E-state index contributed by atoms with van der Waals surface area (Å²) >= 11 is 2.20. The van der Waals surface area contributed by atoms with Crippen LogP contribution in [0.5, 0.6) is 0 Å². The van der Waals surface area contributed by atoms with Crippen molar-refractivity contribution in [2.75, 3.05) is 41.4 Å². The molecule has 2 fully saturated rings. The second-order valence-electron chi connectivity index (χ2n) is 6.59. The number of halogens is 1. The van der Waals surface area contributed by atoms with E-state index in [-0.39, 0.29) is 18.2 Å². The third kappa shape index (κ3) is 3.93. The minimum atomic E-state index is -0.536. The van der Waals surface area contributed by atoms with Crippen molar-refractivity contribution < 1.29 is 14.3 Å². The summed E-state index contributed by atoms with van der Waals surface area (Å²) in [4.78, 5) is 28.7. The molecule has 2 amide bonds. The zero-order valence-corrected chi connectivity index (χ0v) is 16.9. The van der Waals surface area contributed by atoms with Crippen LogP contribution in [0, 0.1) is 3.57 Å². The number of nitrogens with one attached hydrogen (secondary N) is 1. The topological polar surface area (TPSA) is 61.9 Å². The lowest BCUT2D eigenvalue weighted by atomic mass is 10.2. The van der Waals surface area contributed by atoms with Crippen molar-refractivity contribution in [2.24, 2.45) is 0 Å². The largest absolute Gasteiger partial charge is 0.378 e. The predicted octanol–water partition coefficient (Wildman–Crippen LogP) is 2.87. The van der Waals surface area contributed by atoms with E-state index < -0.39 is 6.04 Å². The van der Waals surface area contributed by atoms with Crippen molar-refractivity contribution in [1.82, 2.24) is 0 Å². The first-order valence-electron chi connectivity index (χ1n) is 8.93. The van der Waals surface area contributed by atoms with Crippen LogP contribution >= 0.6 is 22.6 Å². The van der Waals surface area contributed by atoms with Gasteiger partial charge in [-0.15, -0.1) is 0 Å². The van der Waals surface area contributed by atoms with Gasteiger partial charge < -0.3 is 15.0 Å². The quantitative estimate of drug-likeness (QED) is 0.543. The van der Waals surface area contributed by atoms with Gasteiger partial charge in [-0.25, -0.2) is 4.90 Å². The molecule has 2 aromatic carbocycles. The van der Waals surface area contributed by atoms with E-state index in [4.69, 9.17) is 4.74 Å². The van der Waals surface area contributed by atoms with E-state index in [9.17, 15) is 9.59 Å². The number of hydrogen-bond donors (Lipinski definition) is 1. The summed E-state index contributed by atoms with van der Waals surface area (Å²) in [6, 6.07) is 14.8. The first-order valence-corrected chi connectivity index (χ1v) is 10.0. The molecule has 2 aliphatic rings. The van der Waals surface area contributed by atoms with Crippen molar-refractivity contribution >= 4 is 51.5 Å². The predicted molar refractivity (Wildman–Crippen MR) is 113 cm³/mol. The number of rotatable bonds is 4. The van der Waals surface area contributed by atoms with Crippen LogP contribution in [-0.4, -0.2) is 44.2 Å². The molecule has 27 heavy (non-hydrogen) atoms. The van der Waals surface area contributed by atoms with E-state index in [0.29, 0.717) is 5.69 Å². The van der Waals surface area contributed by atoms with E-state index in [1.54, 1.807) is 12.1 Å². The van der Waals surface area contributed by atoms with Crippen molar-refractivity contribution in [3.63, 3.8) is 0 Å². The molecule has 2 heterocycles. The van der Waals surface area contributed by atoms with Crippen molar-refractivity contribution in [1.29, 1.82) is 0 Å². The number of anilines is 3. The molecule has 140 valence electrons. The second-order valence-corrected chi connectivity index (χ2v) is 7.84. The molecule has 0 aromatic heterocycles. The van der Waals surface area contributed by atoms with Gasteiger partial charge in [0, 0.05) is 28.0 Å². The summed E-state index contributed by atoms with van der Waals surface area (Å²) in [5.41, 5.74) is 2.60. The number of nitrogens with zero attached hydrogens (tertiary/aromatic N) is 2. The lowest BCUT2D eigenvalue weighted by molar-refractivity contribution is -0.121. The van der Waals surface area contributed by atoms with Gasteiger partial charge >= 0.3 is 0 Å². The van der Waals surface area contributed by atoms with Crippen LogP contribution < -0.4 is 15.1 Å². The average Bonchev–Trinajstić information content (AvgIpc) is 2.97. The maximum absolute atomic E-state index is 12.7. The number of carbonyl (C=O) groups is 2. The lowest BCUT2D eigenvalue weighted by Gasteiger charge is -2.29. The Morgan fingerprint density at radius 1 is 0.926 bits per heavy atom. The number of benzene rings is 2. The fraction of sp³-hybridized carbons (Fsp3) is 0.300. The number of ether oxygens (including phenoxy) is 1. The fourth-order valence-corrected chi connectivity index (χ4v) is 3.76. The van der Waals surface area contributed by atoms with E-state index >= 15 is 0 Å². The molecule has 0 saturated carbocycles. The molecule has 2 saturated heterocycles. The number of morpholine rings is 1. The van der Waals surface area contributed by atoms with Crippen molar-refractivity contribution in [2.45, 2.75) is 12.5 Å². The zero-order valence-electron chi connectivity index (χ0n) is 14.7. The highest BCUT2D eigenvalue weighted by molar-refractivity contribution is 14.1.